The standard InChI is InChI=1S/C7H3Cl4F/c8-5-2-1-4(3-6(5)12)7(9,10)11/h1-3H. The summed E-state index contributed by atoms with van der Waals surface area (Å²) in [5.41, 5.74) is 0.259. The SMILES string of the molecule is Fc1cc(C(Cl)(Cl)Cl)ccc1Cl. The van der Waals surface area contributed by atoms with E-state index in [1.807, 2.05) is 0 Å². The van der Waals surface area contributed by atoms with E-state index >= 15 is 0 Å². The van der Waals surface area contributed by atoms with Gasteiger partial charge in [0.25, 0.3) is 0 Å². The summed E-state index contributed by atoms with van der Waals surface area (Å²) >= 11 is 21.9. The van der Waals surface area contributed by atoms with Gasteiger partial charge in [-0.05, 0) is 12.1 Å². The van der Waals surface area contributed by atoms with Gasteiger partial charge in [-0.15, -0.1) is 0 Å². The first-order valence-corrected chi connectivity index (χ1v) is 4.44. The minimum absolute atomic E-state index is 0.00741. The number of rotatable bonds is 0. The van der Waals surface area contributed by atoms with Gasteiger partial charge in [0.1, 0.15) is 5.82 Å². The van der Waals surface area contributed by atoms with Crippen LogP contribution in [-0.2, 0) is 3.79 Å². The average molecular weight is 248 g/mol. The zero-order valence-electron chi connectivity index (χ0n) is 5.62. The van der Waals surface area contributed by atoms with Gasteiger partial charge in [-0.2, -0.15) is 0 Å². The third-order valence-corrected chi connectivity index (χ3v) is 2.21. The molecule has 0 unspecified atom stereocenters. The second-order valence-electron chi connectivity index (χ2n) is 2.13. The molecule has 5 heteroatoms. The van der Waals surface area contributed by atoms with E-state index < -0.39 is 9.61 Å². The van der Waals surface area contributed by atoms with Gasteiger partial charge >= 0.3 is 0 Å². The average Bonchev–Trinajstić information content (AvgIpc) is 1.92. The summed E-state index contributed by atoms with van der Waals surface area (Å²) in [5.74, 6) is -0.597. The number of benzene rings is 1. The fourth-order valence-corrected chi connectivity index (χ4v) is 1.14. The van der Waals surface area contributed by atoms with Crippen molar-refractivity contribution in [3.63, 3.8) is 0 Å². The number of hydrogen-bond acceptors (Lipinski definition) is 0. The highest BCUT2D eigenvalue weighted by Crippen LogP contribution is 2.38. The Hall–Kier alpha value is 0.310. The van der Waals surface area contributed by atoms with E-state index in [4.69, 9.17) is 46.4 Å². The molecule has 0 fully saturated rings. The molecule has 66 valence electrons. The molecule has 0 atom stereocenters. The third kappa shape index (κ3) is 2.40. The molecule has 1 aromatic carbocycles. The first kappa shape index (κ1) is 10.4. The van der Waals surface area contributed by atoms with Crippen LogP contribution in [0.5, 0.6) is 0 Å². The van der Waals surface area contributed by atoms with Crippen LogP contribution in [0.15, 0.2) is 18.2 Å². The van der Waals surface area contributed by atoms with Crippen LogP contribution in [0.1, 0.15) is 5.56 Å². The van der Waals surface area contributed by atoms with E-state index in [1.54, 1.807) is 0 Å². The molecular weight excluding hydrogens is 245 g/mol. The van der Waals surface area contributed by atoms with Crippen LogP contribution in [0.4, 0.5) is 4.39 Å². The molecule has 1 aromatic rings. The summed E-state index contributed by atoms with van der Waals surface area (Å²) < 4.78 is 11.2. The topological polar surface area (TPSA) is 0 Å². The Labute approximate surface area is 89.2 Å². The molecule has 0 spiro atoms. The van der Waals surface area contributed by atoms with E-state index in [0.29, 0.717) is 0 Å². The van der Waals surface area contributed by atoms with Crippen molar-refractivity contribution in [2.75, 3.05) is 0 Å². The van der Waals surface area contributed by atoms with Crippen LogP contribution in [0, 0.1) is 5.82 Å². The largest absolute Gasteiger partial charge is 0.216 e. The molecule has 0 heterocycles. The third-order valence-electron chi connectivity index (χ3n) is 1.25. The lowest BCUT2D eigenvalue weighted by atomic mass is 10.2. The van der Waals surface area contributed by atoms with Crippen LogP contribution in [-0.4, -0.2) is 0 Å². The quantitative estimate of drug-likeness (QED) is 0.600. The Morgan fingerprint density at radius 1 is 1.17 bits per heavy atom. The summed E-state index contributed by atoms with van der Waals surface area (Å²) in [6, 6.07) is 3.89. The van der Waals surface area contributed by atoms with Crippen molar-refractivity contribution < 1.29 is 4.39 Å². The highest BCUT2D eigenvalue weighted by atomic mass is 35.6. The summed E-state index contributed by atoms with van der Waals surface area (Å²) in [7, 11) is 0. The molecule has 0 aromatic heterocycles. The summed E-state index contributed by atoms with van der Waals surface area (Å²) in [5, 5.41) is 0.00741. The van der Waals surface area contributed by atoms with E-state index in [9.17, 15) is 4.39 Å². The first-order chi connectivity index (χ1) is 5.41. The van der Waals surface area contributed by atoms with Gasteiger partial charge in [0, 0.05) is 5.56 Å². The fraction of sp³-hybridized carbons (Fsp3) is 0.143. The molecule has 0 amide bonds. The van der Waals surface area contributed by atoms with Gasteiger partial charge in [0.2, 0.25) is 3.79 Å². The molecule has 0 saturated heterocycles. The second kappa shape index (κ2) is 3.59. The molecule has 12 heavy (non-hydrogen) atoms. The molecule has 0 radical (unpaired) electrons. The van der Waals surface area contributed by atoms with E-state index in [0.717, 1.165) is 6.07 Å². The van der Waals surface area contributed by atoms with Crippen molar-refractivity contribution >= 4 is 46.4 Å². The van der Waals surface area contributed by atoms with Crippen LogP contribution in [0.25, 0.3) is 0 Å². The zero-order chi connectivity index (χ0) is 9.35. The minimum Gasteiger partial charge on any atom is -0.205 e. The molecule has 0 aliphatic heterocycles. The maximum Gasteiger partial charge on any atom is 0.216 e. The van der Waals surface area contributed by atoms with E-state index in [2.05, 4.69) is 0 Å². The molecular formula is C7H3Cl4F. The molecule has 0 saturated carbocycles. The highest BCUT2D eigenvalue weighted by Gasteiger charge is 2.23. The Kier molecular flexibility index (Phi) is 3.11. The van der Waals surface area contributed by atoms with E-state index in [1.165, 1.54) is 12.1 Å². The van der Waals surface area contributed by atoms with Crippen molar-refractivity contribution in [1.29, 1.82) is 0 Å². The number of alkyl halides is 3. The lowest BCUT2D eigenvalue weighted by Gasteiger charge is -2.10. The normalized spacial score (nSPS) is 11.8. The zero-order valence-corrected chi connectivity index (χ0v) is 8.65. The number of halogens is 5. The van der Waals surface area contributed by atoms with Crippen molar-refractivity contribution in [1.82, 2.24) is 0 Å². The van der Waals surface area contributed by atoms with Gasteiger partial charge in [0.05, 0.1) is 5.02 Å². The Bertz CT molecular complexity index is 292. The lowest BCUT2D eigenvalue weighted by Crippen LogP contribution is -2.00. The van der Waals surface area contributed by atoms with Gasteiger partial charge in [-0.3, -0.25) is 0 Å². The van der Waals surface area contributed by atoms with Gasteiger partial charge in [-0.25, -0.2) is 4.39 Å². The van der Waals surface area contributed by atoms with Gasteiger partial charge < -0.3 is 0 Å². The molecule has 1 rings (SSSR count). The Morgan fingerprint density at radius 2 is 1.75 bits per heavy atom. The maximum atomic E-state index is 12.8. The fourth-order valence-electron chi connectivity index (χ4n) is 0.672. The summed E-state index contributed by atoms with van der Waals surface area (Å²) in [6.07, 6.45) is 0. The molecule has 0 nitrogen and oxygen atoms in total. The van der Waals surface area contributed by atoms with Crippen molar-refractivity contribution in [2.45, 2.75) is 3.79 Å². The smallest absolute Gasteiger partial charge is 0.205 e. The van der Waals surface area contributed by atoms with Crippen molar-refractivity contribution in [3.05, 3.63) is 34.6 Å². The van der Waals surface area contributed by atoms with Crippen LogP contribution in [0.3, 0.4) is 0 Å². The second-order valence-corrected chi connectivity index (χ2v) is 4.82. The first-order valence-electron chi connectivity index (χ1n) is 2.93. The van der Waals surface area contributed by atoms with E-state index in [-0.39, 0.29) is 10.6 Å². The lowest BCUT2D eigenvalue weighted by molar-refractivity contribution is 0.626. The number of hydrogen-bond donors (Lipinski definition) is 0. The Balaban J connectivity index is 3.14. The Morgan fingerprint density at radius 3 is 2.17 bits per heavy atom. The molecule has 0 bridgehead atoms. The molecule has 0 aliphatic rings. The summed E-state index contributed by atoms with van der Waals surface area (Å²) in [4.78, 5) is 0. The highest BCUT2D eigenvalue weighted by molar-refractivity contribution is 6.66. The van der Waals surface area contributed by atoms with Crippen LogP contribution >= 0.6 is 46.4 Å². The van der Waals surface area contributed by atoms with Crippen LogP contribution < -0.4 is 0 Å². The predicted molar refractivity (Wildman–Crippen MR) is 50.6 cm³/mol. The monoisotopic (exact) mass is 246 g/mol. The minimum atomic E-state index is -1.61. The van der Waals surface area contributed by atoms with Crippen molar-refractivity contribution in [3.8, 4) is 0 Å². The van der Waals surface area contributed by atoms with Crippen LogP contribution in [0.2, 0.25) is 5.02 Å². The molecule has 0 N–H and O–H groups in total. The summed E-state index contributed by atoms with van der Waals surface area (Å²) in [6.45, 7) is 0. The maximum absolute atomic E-state index is 12.8. The van der Waals surface area contributed by atoms with Crippen molar-refractivity contribution in [2.24, 2.45) is 0 Å². The molecule has 0 aliphatic carbocycles. The van der Waals surface area contributed by atoms with Gasteiger partial charge in [-0.1, -0.05) is 52.5 Å². The van der Waals surface area contributed by atoms with Gasteiger partial charge in [0.15, 0.2) is 0 Å². The predicted octanol–water partition coefficient (Wildman–Crippen LogP) is 4.31.